The van der Waals surface area contributed by atoms with Gasteiger partial charge in [0.1, 0.15) is 0 Å². The van der Waals surface area contributed by atoms with Crippen LogP contribution in [0.15, 0.2) is 38.3 Å². The lowest BCUT2D eigenvalue weighted by Gasteiger charge is -2.33. The number of benzene rings is 1. The summed E-state index contributed by atoms with van der Waals surface area (Å²) < 4.78 is 6.27. The summed E-state index contributed by atoms with van der Waals surface area (Å²) in [5.74, 6) is 2.25. The van der Waals surface area contributed by atoms with Crippen molar-refractivity contribution in [3.63, 3.8) is 0 Å². The van der Waals surface area contributed by atoms with Crippen LogP contribution in [-0.4, -0.2) is 53.7 Å². The van der Waals surface area contributed by atoms with E-state index in [1.807, 2.05) is 14.0 Å². The molecule has 2 N–H and O–H groups in total. The Balaban J connectivity index is 0.00000300. The Kier molecular flexibility index (Phi) is 10.4. The molecule has 9 heteroatoms. The van der Waals surface area contributed by atoms with Crippen molar-refractivity contribution < 1.29 is 4.52 Å². The molecule has 0 spiro atoms. The summed E-state index contributed by atoms with van der Waals surface area (Å²) in [6, 6.07) is 9.06. The van der Waals surface area contributed by atoms with Gasteiger partial charge in [0.2, 0.25) is 5.89 Å². The van der Waals surface area contributed by atoms with Crippen molar-refractivity contribution in [3.8, 4) is 0 Å². The third kappa shape index (κ3) is 8.21. The van der Waals surface area contributed by atoms with Crippen LogP contribution in [0.3, 0.4) is 0 Å². The fourth-order valence-electron chi connectivity index (χ4n) is 3.36. The van der Waals surface area contributed by atoms with E-state index in [1.54, 1.807) is 0 Å². The SMILES string of the molecule is CN=C(NCCCc1nc(C)no1)NC1CCN(Cc2ccc(Br)cc2)CC1.I. The first-order chi connectivity index (χ1) is 13.6. The van der Waals surface area contributed by atoms with Crippen molar-refractivity contribution in [1.29, 1.82) is 0 Å². The summed E-state index contributed by atoms with van der Waals surface area (Å²) in [6.07, 6.45) is 3.95. The number of nitrogens with zero attached hydrogens (tertiary/aromatic N) is 4. The van der Waals surface area contributed by atoms with E-state index in [-0.39, 0.29) is 24.0 Å². The van der Waals surface area contributed by atoms with Crippen LogP contribution >= 0.6 is 39.9 Å². The molecule has 1 aliphatic rings. The number of nitrogens with one attached hydrogen (secondary N) is 2. The van der Waals surface area contributed by atoms with Crippen LogP contribution in [0.25, 0.3) is 0 Å². The maximum atomic E-state index is 5.14. The van der Waals surface area contributed by atoms with Crippen molar-refractivity contribution in [2.75, 3.05) is 26.7 Å². The van der Waals surface area contributed by atoms with Gasteiger partial charge in [-0.05, 0) is 43.9 Å². The molecule has 0 amide bonds. The van der Waals surface area contributed by atoms with Crippen LogP contribution in [0.4, 0.5) is 0 Å². The summed E-state index contributed by atoms with van der Waals surface area (Å²) >= 11 is 3.49. The lowest BCUT2D eigenvalue weighted by atomic mass is 10.0. The number of likely N-dealkylation sites (tertiary alicyclic amines) is 1. The van der Waals surface area contributed by atoms with Gasteiger partial charge in [0.15, 0.2) is 11.8 Å². The molecular formula is C20H30BrIN6O. The molecule has 1 fully saturated rings. The predicted octanol–water partition coefficient (Wildman–Crippen LogP) is 3.52. The van der Waals surface area contributed by atoms with Gasteiger partial charge in [-0.15, -0.1) is 24.0 Å². The third-order valence-corrected chi connectivity index (χ3v) is 5.43. The quantitative estimate of drug-likeness (QED) is 0.227. The Morgan fingerprint density at radius 3 is 2.62 bits per heavy atom. The summed E-state index contributed by atoms with van der Waals surface area (Å²) in [6.45, 7) is 5.87. The van der Waals surface area contributed by atoms with E-state index in [2.05, 4.69) is 70.9 Å². The average molecular weight is 577 g/mol. The second-order valence-corrected chi connectivity index (χ2v) is 8.07. The van der Waals surface area contributed by atoms with Crippen molar-refractivity contribution in [3.05, 3.63) is 46.0 Å². The highest BCUT2D eigenvalue weighted by Crippen LogP contribution is 2.16. The van der Waals surface area contributed by atoms with Gasteiger partial charge in [-0.3, -0.25) is 9.89 Å². The van der Waals surface area contributed by atoms with Crippen LogP contribution < -0.4 is 10.6 Å². The smallest absolute Gasteiger partial charge is 0.226 e. The lowest BCUT2D eigenvalue weighted by molar-refractivity contribution is 0.198. The molecule has 0 bridgehead atoms. The first kappa shape index (κ1) is 24.1. The molecule has 7 nitrogen and oxygen atoms in total. The number of piperidine rings is 1. The van der Waals surface area contributed by atoms with Gasteiger partial charge >= 0.3 is 0 Å². The van der Waals surface area contributed by atoms with E-state index in [9.17, 15) is 0 Å². The molecule has 1 saturated heterocycles. The van der Waals surface area contributed by atoms with E-state index in [1.165, 1.54) is 5.56 Å². The van der Waals surface area contributed by atoms with Gasteiger partial charge in [0.25, 0.3) is 0 Å². The van der Waals surface area contributed by atoms with Crippen molar-refractivity contribution in [2.45, 2.75) is 45.2 Å². The fourth-order valence-corrected chi connectivity index (χ4v) is 3.62. The Hall–Kier alpha value is -1.20. The topological polar surface area (TPSA) is 78.6 Å². The number of aliphatic imine (C=N–C) groups is 1. The minimum atomic E-state index is 0. The Morgan fingerprint density at radius 2 is 2.00 bits per heavy atom. The van der Waals surface area contributed by atoms with Crippen molar-refractivity contribution in [2.24, 2.45) is 4.99 Å². The zero-order chi connectivity index (χ0) is 19.8. The van der Waals surface area contributed by atoms with Gasteiger partial charge in [-0.1, -0.05) is 33.2 Å². The maximum Gasteiger partial charge on any atom is 0.226 e. The minimum Gasteiger partial charge on any atom is -0.356 e. The average Bonchev–Trinajstić information content (AvgIpc) is 3.12. The first-order valence-electron chi connectivity index (χ1n) is 9.85. The number of rotatable bonds is 7. The van der Waals surface area contributed by atoms with Crippen LogP contribution in [0.2, 0.25) is 0 Å². The molecule has 0 aliphatic carbocycles. The molecule has 1 aliphatic heterocycles. The zero-order valence-electron chi connectivity index (χ0n) is 17.0. The van der Waals surface area contributed by atoms with Crippen LogP contribution in [0.5, 0.6) is 0 Å². The standard InChI is InChI=1S/C20H29BrN6O.HI/c1-15-24-19(28-26-15)4-3-11-23-20(22-2)25-18-9-12-27(13-10-18)14-16-5-7-17(21)8-6-16;/h5-8,18H,3-4,9-14H2,1-2H3,(H2,22,23,25);1H. The summed E-state index contributed by atoms with van der Waals surface area (Å²) in [5.41, 5.74) is 1.36. The Bertz CT molecular complexity index is 759. The Morgan fingerprint density at radius 1 is 1.28 bits per heavy atom. The molecule has 1 aromatic carbocycles. The van der Waals surface area contributed by atoms with Crippen molar-refractivity contribution in [1.82, 2.24) is 25.7 Å². The summed E-state index contributed by atoms with van der Waals surface area (Å²) in [7, 11) is 1.82. The number of halogens is 2. The second-order valence-electron chi connectivity index (χ2n) is 7.16. The van der Waals surface area contributed by atoms with Crippen LogP contribution in [0, 0.1) is 6.92 Å². The molecule has 0 atom stereocenters. The number of aromatic nitrogens is 2. The van der Waals surface area contributed by atoms with Crippen LogP contribution in [0.1, 0.15) is 36.5 Å². The number of hydrogen-bond donors (Lipinski definition) is 2. The van der Waals surface area contributed by atoms with Crippen LogP contribution in [-0.2, 0) is 13.0 Å². The second kappa shape index (κ2) is 12.5. The summed E-state index contributed by atoms with van der Waals surface area (Å²) in [4.78, 5) is 11.1. The molecule has 1 aromatic heterocycles. The highest BCUT2D eigenvalue weighted by atomic mass is 127. The number of aryl methyl sites for hydroxylation is 2. The number of guanidine groups is 1. The molecule has 3 rings (SSSR count). The van der Waals surface area contributed by atoms with E-state index in [0.29, 0.717) is 17.8 Å². The van der Waals surface area contributed by atoms with Gasteiger partial charge in [0.05, 0.1) is 0 Å². The molecule has 160 valence electrons. The van der Waals surface area contributed by atoms with E-state index in [4.69, 9.17) is 4.52 Å². The third-order valence-electron chi connectivity index (χ3n) is 4.90. The van der Waals surface area contributed by atoms with Gasteiger partial charge in [-0.25, -0.2) is 0 Å². The molecule has 2 aromatic rings. The van der Waals surface area contributed by atoms with E-state index in [0.717, 1.165) is 62.3 Å². The highest BCUT2D eigenvalue weighted by molar-refractivity contribution is 14.0. The normalized spacial score (nSPS) is 15.8. The van der Waals surface area contributed by atoms with E-state index >= 15 is 0 Å². The lowest BCUT2D eigenvalue weighted by Crippen LogP contribution is -2.48. The Labute approximate surface area is 198 Å². The largest absolute Gasteiger partial charge is 0.356 e. The zero-order valence-corrected chi connectivity index (χ0v) is 20.9. The van der Waals surface area contributed by atoms with Gasteiger partial charge < -0.3 is 15.2 Å². The first-order valence-corrected chi connectivity index (χ1v) is 10.6. The fraction of sp³-hybridized carbons (Fsp3) is 0.550. The predicted molar refractivity (Wildman–Crippen MR) is 130 cm³/mol. The van der Waals surface area contributed by atoms with Gasteiger partial charge in [-0.2, -0.15) is 4.98 Å². The summed E-state index contributed by atoms with van der Waals surface area (Å²) in [5, 5.41) is 10.7. The number of hydrogen-bond acceptors (Lipinski definition) is 5. The highest BCUT2D eigenvalue weighted by Gasteiger charge is 2.20. The molecule has 0 saturated carbocycles. The van der Waals surface area contributed by atoms with Gasteiger partial charge in [0, 0.05) is 50.2 Å². The maximum absolute atomic E-state index is 5.14. The molecular weight excluding hydrogens is 547 g/mol. The van der Waals surface area contributed by atoms with Crippen molar-refractivity contribution >= 4 is 45.9 Å². The monoisotopic (exact) mass is 576 g/mol. The molecule has 2 heterocycles. The van der Waals surface area contributed by atoms with E-state index < -0.39 is 0 Å². The molecule has 29 heavy (non-hydrogen) atoms. The minimum absolute atomic E-state index is 0. The molecule has 0 unspecified atom stereocenters. The molecule has 0 radical (unpaired) electrons.